The zero-order valence-corrected chi connectivity index (χ0v) is 13.1. The van der Waals surface area contributed by atoms with Crippen LogP contribution < -0.4 is 5.32 Å². The fourth-order valence-electron chi connectivity index (χ4n) is 2.77. The van der Waals surface area contributed by atoms with Crippen LogP contribution in [0, 0.1) is 5.41 Å². The van der Waals surface area contributed by atoms with E-state index in [2.05, 4.69) is 37.9 Å². The van der Waals surface area contributed by atoms with Crippen molar-refractivity contribution in [2.24, 2.45) is 5.41 Å². The highest BCUT2D eigenvalue weighted by Crippen LogP contribution is 2.24. The minimum absolute atomic E-state index is 0.0199. The SMILES string of the molecule is CCCNCC(C)(CC)CN1CC(C)OC(CO)C1. The van der Waals surface area contributed by atoms with Gasteiger partial charge in [0.15, 0.2) is 0 Å². The van der Waals surface area contributed by atoms with E-state index in [1.807, 2.05) is 0 Å². The number of nitrogens with one attached hydrogen (secondary N) is 1. The van der Waals surface area contributed by atoms with Gasteiger partial charge in [0, 0.05) is 26.2 Å². The topological polar surface area (TPSA) is 44.7 Å². The quantitative estimate of drug-likeness (QED) is 0.657. The lowest BCUT2D eigenvalue weighted by molar-refractivity contribution is -0.102. The maximum Gasteiger partial charge on any atom is 0.0936 e. The van der Waals surface area contributed by atoms with Crippen LogP contribution in [0.4, 0.5) is 0 Å². The first-order valence-electron chi connectivity index (χ1n) is 7.72. The van der Waals surface area contributed by atoms with Gasteiger partial charge in [-0.25, -0.2) is 0 Å². The van der Waals surface area contributed by atoms with Gasteiger partial charge in [0.25, 0.3) is 0 Å². The van der Waals surface area contributed by atoms with E-state index in [1.54, 1.807) is 0 Å². The maximum absolute atomic E-state index is 9.29. The average molecular weight is 272 g/mol. The van der Waals surface area contributed by atoms with Crippen molar-refractivity contribution in [1.82, 2.24) is 10.2 Å². The highest BCUT2D eigenvalue weighted by atomic mass is 16.5. The van der Waals surface area contributed by atoms with E-state index in [0.29, 0.717) is 5.41 Å². The van der Waals surface area contributed by atoms with Crippen molar-refractivity contribution in [2.45, 2.75) is 52.7 Å². The first-order chi connectivity index (χ1) is 9.03. The predicted octanol–water partition coefficient (Wildman–Crippen LogP) is 1.48. The van der Waals surface area contributed by atoms with Crippen molar-refractivity contribution in [3.05, 3.63) is 0 Å². The molecule has 3 unspecified atom stereocenters. The minimum atomic E-state index is -0.0199. The van der Waals surface area contributed by atoms with E-state index in [0.717, 1.165) is 32.7 Å². The van der Waals surface area contributed by atoms with Gasteiger partial charge in [-0.05, 0) is 31.7 Å². The Kier molecular flexibility index (Phi) is 7.29. The zero-order chi connectivity index (χ0) is 14.3. The molecule has 0 amide bonds. The third-order valence-electron chi connectivity index (χ3n) is 4.04. The van der Waals surface area contributed by atoms with Crippen molar-refractivity contribution in [3.8, 4) is 0 Å². The van der Waals surface area contributed by atoms with Crippen molar-refractivity contribution in [2.75, 3.05) is 39.3 Å². The second kappa shape index (κ2) is 8.20. The average Bonchev–Trinajstić information content (AvgIpc) is 2.38. The Morgan fingerprint density at radius 1 is 1.37 bits per heavy atom. The molecule has 1 fully saturated rings. The smallest absolute Gasteiger partial charge is 0.0936 e. The summed E-state index contributed by atoms with van der Waals surface area (Å²) in [5.41, 5.74) is 0.298. The lowest BCUT2D eigenvalue weighted by Gasteiger charge is -2.41. The molecule has 19 heavy (non-hydrogen) atoms. The Balaban J connectivity index is 2.48. The van der Waals surface area contributed by atoms with Crippen LogP contribution in [-0.2, 0) is 4.74 Å². The molecule has 0 aliphatic carbocycles. The standard InChI is InChI=1S/C15H32N2O2/c1-5-7-16-11-15(4,6-2)12-17-8-13(3)19-14(9-17)10-18/h13-14,16,18H,5-12H2,1-4H3. The second-order valence-corrected chi connectivity index (χ2v) is 6.29. The number of hydrogen-bond acceptors (Lipinski definition) is 4. The number of hydrogen-bond donors (Lipinski definition) is 2. The summed E-state index contributed by atoms with van der Waals surface area (Å²) < 4.78 is 5.71. The Hall–Kier alpha value is -0.160. The monoisotopic (exact) mass is 272 g/mol. The number of aliphatic hydroxyl groups excluding tert-OH is 1. The van der Waals surface area contributed by atoms with Crippen LogP contribution in [0.3, 0.4) is 0 Å². The second-order valence-electron chi connectivity index (χ2n) is 6.29. The molecular formula is C15H32N2O2. The number of rotatable bonds is 8. The minimum Gasteiger partial charge on any atom is -0.394 e. The van der Waals surface area contributed by atoms with Crippen LogP contribution in [0.25, 0.3) is 0 Å². The van der Waals surface area contributed by atoms with E-state index in [9.17, 15) is 5.11 Å². The van der Waals surface area contributed by atoms with E-state index in [-0.39, 0.29) is 18.8 Å². The van der Waals surface area contributed by atoms with Gasteiger partial charge >= 0.3 is 0 Å². The van der Waals surface area contributed by atoms with E-state index in [1.165, 1.54) is 12.8 Å². The highest BCUT2D eigenvalue weighted by Gasteiger charge is 2.30. The molecule has 114 valence electrons. The molecule has 0 aromatic carbocycles. The van der Waals surface area contributed by atoms with Crippen molar-refractivity contribution < 1.29 is 9.84 Å². The number of ether oxygens (including phenoxy) is 1. The Morgan fingerprint density at radius 2 is 2.11 bits per heavy atom. The molecule has 0 spiro atoms. The molecule has 1 aliphatic heterocycles. The molecule has 0 aromatic rings. The Labute approximate surface area is 118 Å². The summed E-state index contributed by atoms with van der Waals surface area (Å²) in [5.74, 6) is 0. The van der Waals surface area contributed by atoms with Crippen LogP contribution in [0.1, 0.15) is 40.5 Å². The van der Waals surface area contributed by atoms with Gasteiger partial charge in [0.05, 0.1) is 18.8 Å². The van der Waals surface area contributed by atoms with Gasteiger partial charge in [-0.2, -0.15) is 0 Å². The zero-order valence-electron chi connectivity index (χ0n) is 13.1. The Bertz CT molecular complexity index is 250. The van der Waals surface area contributed by atoms with Crippen LogP contribution in [0.5, 0.6) is 0 Å². The summed E-state index contributed by atoms with van der Waals surface area (Å²) in [6, 6.07) is 0. The summed E-state index contributed by atoms with van der Waals surface area (Å²) in [4.78, 5) is 2.45. The summed E-state index contributed by atoms with van der Waals surface area (Å²) >= 11 is 0. The van der Waals surface area contributed by atoms with Crippen LogP contribution >= 0.6 is 0 Å². The maximum atomic E-state index is 9.29. The number of morpholine rings is 1. The van der Waals surface area contributed by atoms with Crippen LogP contribution in [0.15, 0.2) is 0 Å². The molecule has 1 aliphatic rings. The first-order valence-corrected chi connectivity index (χ1v) is 7.72. The largest absolute Gasteiger partial charge is 0.394 e. The summed E-state index contributed by atoms with van der Waals surface area (Å²) in [5, 5.41) is 12.8. The molecule has 0 saturated carbocycles. The van der Waals surface area contributed by atoms with Crippen LogP contribution in [-0.4, -0.2) is 61.5 Å². The molecule has 4 heteroatoms. The highest BCUT2D eigenvalue weighted by molar-refractivity contribution is 4.84. The van der Waals surface area contributed by atoms with Gasteiger partial charge in [-0.1, -0.05) is 20.8 Å². The van der Waals surface area contributed by atoms with Gasteiger partial charge in [-0.15, -0.1) is 0 Å². The molecule has 1 saturated heterocycles. The number of aliphatic hydroxyl groups is 1. The molecule has 0 aromatic heterocycles. The third kappa shape index (κ3) is 5.78. The predicted molar refractivity (Wildman–Crippen MR) is 79.4 cm³/mol. The molecule has 0 radical (unpaired) electrons. The van der Waals surface area contributed by atoms with Crippen molar-refractivity contribution in [1.29, 1.82) is 0 Å². The Morgan fingerprint density at radius 3 is 2.68 bits per heavy atom. The fraction of sp³-hybridized carbons (Fsp3) is 1.00. The van der Waals surface area contributed by atoms with Crippen molar-refractivity contribution >= 4 is 0 Å². The third-order valence-corrected chi connectivity index (χ3v) is 4.04. The van der Waals surface area contributed by atoms with Gasteiger partial charge in [0.2, 0.25) is 0 Å². The molecule has 2 N–H and O–H groups in total. The van der Waals surface area contributed by atoms with Gasteiger partial charge in [0.1, 0.15) is 0 Å². The van der Waals surface area contributed by atoms with E-state index < -0.39 is 0 Å². The first kappa shape index (κ1) is 16.9. The molecule has 1 rings (SSSR count). The summed E-state index contributed by atoms with van der Waals surface area (Å²) in [6.07, 6.45) is 2.55. The van der Waals surface area contributed by atoms with E-state index >= 15 is 0 Å². The summed E-state index contributed by atoms with van der Waals surface area (Å²) in [6.45, 7) is 14.1. The molecule has 3 atom stereocenters. The lowest BCUT2D eigenvalue weighted by Crippen LogP contribution is -2.52. The van der Waals surface area contributed by atoms with Gasteiger partial charge in [-0.3, -0.25) is 4.90 Å². The van der Waals surface area contributed by atoms with E-state index in [4.69, 9.17) is 4.74 Å². The molecule has 1 heterocycles. The van der Waals surface area contributed by atoms with Crippen molar-refractivity contribution in [3.63, 3.8) is 0 Å². The summed E-state index contributed by atoms with van der Waals surface area (Å²) in [7, 11) is 0. The molecule has 4 nitrogen and oxygen atoms in total. The fourth-order valence-corrected chi connectivity index (χ4v) is 2.77. The van der Waals surface area contributed by atoms with Crippen LogP contribution in [0.2, 0.25) is 0 Å². The molecule has 0 bridgehead atoms. The van der Waals surface area contributed by atoms with Gasteiger partial charge < -0.3 is 15.2 Å². The lowest BCUT2D eigenvalue weighted by atomic mass is 9.86. The molecular weight excluding hydrogens is 240 g/mol. The normalized spacial score (nSPS) is 28.3. The number of nitrogens with zero attached hydrogens (tertiary/aromatic N) is 1.